The zero-order valence-corrected chi connectivity index (χ0v) is 19.2. The van der Waals surface area contributed by atoms with Crippen LogP contribution in [0.25, 0.3) is 0 Å². The Bertz CT molecular complexity index is 1210. The van der Waals surface area contributed by atoms with Crippen LogP contribution in [0.2, 0.25) is 0 Å². The highest BCUT2D eigenvalue weighted by atomic mass is 19.1. The van der Waals surface area contributed by atoms with Gasteiger partial charge in [0.2, 0.25) is 17.7 Å². The summed E-state index contributed by atoms with van der Waals surface area (Å²) in [6.07, 6.45) is -0.0206. The number of carbonyl (C=O) groups is 4. The summed E-state index contributed by atoms with van der Waals surface area (Å²) in [4.78, 5) is 49.2. The van der Waals surface area contributed by atoms with Crippen molar-refractivity contribution in [1.82, 2.24) is 10.6 Å². The number of nitrogens with two attached hydrogens (primary N) is 1. The van der Waals surface area contributed by atoms with Gasteiger partial charge in [0.25, 0.3) is 0 Å². The Labute approximate surface area is 202 Å². The first kappa shape index (κ1) is 25.3. The van der Waals surface area contributed by atoms with Crippen molar-refractivity contribution in [2.75, 3.05) is 0 Å². The minimum absolute atomic E-state index is 0.0768. The van der Waals surface area contributed by atoms with E-state index in [1.54, 1.807) is 54.6 Å². The van der Waals surface area contributed by atoms with Crippen LogP contribution in [0.3, 0.4) is 0 Å². The number of nitrogens with one attached hydrogen (secondary N) is 2. The van der Waals surface area contributed by atoms with E-state index in [1.165, 1.54) is 25.1 Å². The molecular weight excluding hydrogens is 449 g/mol. The Morgan fingerprint density at radius 1 is 0.771 bits per heavy atom. The standard InChI is InChI=1S/C27H26FN3O4/c1-17(32)30-24(16-21-9-5-6-10-22(21)28)27(35)31-23(26(29)34)15-18-11-13-20(14-12-18)25(33)19-7-3-2-4-8-19/h2-14,23-24H,15-16H2,1H3,(H2,29,34)(H,30,32)(H,31,35)/t23-,24+/m1/s1. The fourth-order valence-electron chi connectivity index (χ4n) is 3.62. The molecule has 0 unspecified atom stereocenters. The number of benzene rings is 3. The van der Waals surface area contributed by atoms with Crippen LogP contribution >= 0.6 is 0 Å². The minimum atomic E-state index is -1.10. The molecule has 180 valence electrons. The van der Waals surface area contributed by atoms with Crippen LogP contribution in [0.5, 0.6) is 0 Å². The minimum Gasteiger partial charge on any atom is -0.368 e. The molecule has 8 heteroatoms. The lowest BCUT2D eigenvalue weighted by atomic mass is 9.99. The van der Waals surface area contributed by atoms with Crippen LogP contribution in [0.15, 0.2) is 78.9 Å². The van der Waals surface area contributed by atoms with Crippen LogP contribution in [0.1, 0.15) is 34.0 Å². The maximum atomic E-state index is 14.1. The fraction of sp³-hybridized carbons (Fsp3) is 0.185. The number of halogens is 1. The van der Waals surface area contributed by atoms with Crippen LogP contribution in [0.4, 0.5) is 4.39 Å². The Balaban J connectivity index is 1.71. The van der Waals surface area contributed by atoms with Gasteiger partial charge >= 0.3 is 0 Å². The van der Waals surface area contributed by atoms with Crippen LogP contribution in [0, 0.1) is 5.82 Å². The molecule has 0 saturated heterocycles. The SMILES string of the molecule is CC(=O)N[C@@H](Cc1ccccc1F)C(=O)N[C@H](Cc1ccc(C(=O)c2ccccc2)cc1)C(N)=O. The van der Waals surface area contributed by atoms with Gasteiger partial charge < -0.3 is 16.4 Å². The lowest BCUT2D eigenvalue weighted by molar-refractivity contribution is -0.130. The zero-order chi connectivity index (χ0) is 25.4. The predicted molar refractivity (Wildman–Crippen MR) is 129 cm³/mol. The molecule has 35 heavy (non-hydrogen) atoms. The van der Waals surface area contributed by atoms with Gasteiger partial charge in [0.15, 0.2) is 5.78 Å². The second-order valence-corrected chi connectivity index (χ2v) is 8.11. The Hall–Kier alpha value is -4.33. The molecule has 0 heterocycles. The van der Waals surface area contributed by atoms with Crippen LogP contribution in [-0.4, -0.2) is 35.6 Å². The van der Waals surface area contributed by atoms with Gasteiger partial charge in [-0.1, -0.05) is 72.8 Å². The van der Waals surface area contributed by atoms with Gasteiger partial charge in [0.05, 0.1) is 0 Å². The zero-order valence-electron chi connectivity index (χ0n) is 19.2. The van der Waals surface area contributed by atoms with Crippen LogP contribution in [-0.2, 0) is 27.2 Å². The van der Waals surface area contributed by atoms with E-state index >= 15 is 0 Å². The first-order valence-electron chi connectivity index (χ1n) is 11.0. The highest BCUT2D eigenvalue weighted by molar-refractivity contribution is 6.08. The van der Waals surface area contributed by atoms with Crippen molar-refractivity contribution < 1.29 is 23.6 Å². The largest absolute Gasteiger partial charge is 0.368 e. The third kappa shape index (κ3) is 7.07. The number of hydrogen-bond donors (Lipinski definition) is 3. The Kier molecular flexibility index (Phi) is 8.45. The molecule has 0 aliphatic heterocycles. The van der Waals surface area contributed by atoms with Gasteiger partial charge in [-0.15, -0.1) is 0 Å². The summed E-state index contributed by atoms with van der Waals surface area (Å²) >= 11 is 0. The summed E-state index contributed by atoms with van der Waals surface area (Å²) < 4.78 is 14.1. The molecular formula is C27H26FN3O4. The average molecular weight is 476 g/mol. The van der Waals surface area contributed by atoms with E-state index in [9.17, 15) is 23.6 Å². The normalized spacial score (nSPS) is 12.3. The van der Waals surface area contributed by atoms with Crippen molar-refractivity contribution in [3.8, 4) is 0 Å². The van der Waals surface area contributed by atoms with Gasteiger partial charge in [-0.25, -0.2) is 4.39 Å². The second kappa shape index (κ2) is 11.7. The first-order valence-corrected chi connectivity index (χ1v) is 11.0. The van der Waals surface area contributed by atoms with E-state index in [-0.39, 0.29) is 24.2 Å². The molecule has 0 aliphatic rings. The number of ketones is 1. The third-order valence-electron chi connectivity index (χ3n) is 5.43. The summed E-state index contributed by atoms with van der Waals surface area (Å²) in [5.41, 5.74) is 7.46. The number of rotatable bonds is 10. The molecule has 4 N–H and O–H groups in total. The molecule has 0 aliphatic carbocycles. The van der Waals surface area contributed by atoms with Crippen LogP contribution < -0.4 is 16.4 Å². The molecule has 0 fully saturated rings. The van der Waals surface area contributed by atoms with Crippen molar-refractivity contribution in [2.45, 2.75) is 31.8 Å². The number of primary amides is 1. The summed E-state index contributed by atoms with van der Waals surface area (Å²) in [5, 5.41) is 5.05. The quantitative estimate of drug-likeness (QED) is 0.390. The first-order chi connectivity index (χ1) is 16.7. The molecule has 3 amide bonds. The third-order valence-corrected chi connectivity index (χ3v) is 5.43. The monoisotopic (exact) mass is 475 g/mol. The summed E-state index contributed by atoms with van der Waals surface area (Å²) in [6, 6.07) is 19.2. The van der Waals surface area contributed by atoms with E-state index in [0.29, 0.717) is 16.7 Å². The highest BCUT2D eigenvalue weighted by Gasteiger charge is 2.26. The second-order valence-electron chi connectivity index (χ2n) is 8.11. The summed E-state index contributed by atoms with van der Waals surface area (Å²) in [6.45, 7) is 1.24. The number of amides is 3. The van der Waals surface area contributed by atoms with E-state index in [0.717, 1.165) is 0 Å². The van der Waals surface area contributed by atoms with Gasteiger partial charge in [-0.2, -0.15) is 0 Å². The van der Waals surface area contributed by atoms with Crippen molar-refractivity contribution in [2.24, 2.45) is 5.73 Å². The number of carbonyl (C=O) groups excluding carboxylic acids is 4. The van der Waals surface area contributed by atoms with E-state index in [2.05, 4.69) is 10.6 Å². The molecule has 3 aromatic rings. The topological polar surface area (TPSA) is 118 Å². The van der Waals surface area contributed by atoms with Crippen molar-refractivity contribution in [3.05, 3.63) is 107 Å². The maximum Gasteiger partial charge on any atom is 0.243 e. The van der Waals surface area contributed by atoms with Crippen molar-refractivity contribution >= 4 is 23.5 Å². The summed E-state index contributed by atoms with van der Waals surface area (Å²) in [5.74, 6) is -2.55. The maximum absolute atomic E-state index is 14.1. The average Bonchev–Trinajstić information content (AvgIpc) is 2.84. The molecule has 2 atom stereocenters. The molecule has 3 rings (SSSR count). The molecule has 0 saturated carbocycles. The smallest absolute Gasteiger partial charge is 0.243 e. The molecule has 3 aromatic carbocycles. The van der Waals surface area contributed by atoms with E-state index < -0.39 is 35.6 Å². The Morgan fingerprint density at radius 2 is 1.37 bits per heavy atom. The van der Waals surface area contributed by atoms with Crippen molar-refractivity contribution in [1.29, 1.82) is 0 Å². The fourth-order valence-corrected chi connectivity index (χ4v) is 3.62. The molecule has 0 bridgehead atoms. The van der Waals surface area contributed by atoms with Gasteiger partial charge in [0.1, 0.15) is 17.9 Å². The highest BCUT2D eigenvalue weighted by Crippen LogP contribution is 2.13. The lowest BCUT2D eigenvalue weighted by Crippen LogP contribution is -2.54. The van der Waals surface area contributed by atoms with Gasteiger partial charge in [0, 0.05) is 30.9 Å². The molecule has 7 nitrogen and oxygen atoms in total. The Morgan fingerprint density at radius 3 is 1.97 bits per heavy atom. The van der Waals surface area contributed by atoms with E-state index in [1.807, 2.05) is 6.07 Å². The molecule has 0 aromatic heterocycles. The van der Waals surface area contributed by atoms with Crippen molar-refractivity contribution in [3.63, 3.8) is 0 Å². The predicted octanol–water partition coefficient (Wildman–Crippen LogP) is 2.32. The van der Waals surface area contributed by atoms with Gasteiger partial charge in [-0.3, -0.25) is 19.2 Å². The lowest BCUT2D eigenvalue weighted by Gasteiger charge is -2.22. The molecule has 0 radical (unpaired) electrons. The number of hydrogen-bond acceptors (Lipinski definition) is 4. The van der Waals surface area contributed by atoms with Gasteiger partial charge in [-0.05, 0) is 17.2 Å². The van der Waals surface area contributed by atoms with E-state index in [4.69, 9.17) is 5.73 Å². The summed E-state index contributed by atoms with van der Waals surface area (Å²) in [7, 11) is 0. The molecule has 0 spiro atoms.